The van der Waals surface area contributed by atoms with Gasteiger partial charge < -0.3 is 9.80 Å². The Balaban J connectivity index is 1.38. The minimum absolute atomic E-state index is 0.213. The third-order valence-electron chi connectivity index (χ3n) is 10.2. The lowest BCUT2D eigenvalue weighted by Crippen LogP contribution is -2.31. The Bertz CT molecular complexity index is 2430. The average Bonchev–Trinajstić information content (AvgIpc) is 3.16. The van der Waals surface area contributed by atoms with Crippen molar-refractivity contribution in [3.8, 4) is 11.1 Å². The fraction of sp³-hybridized carbons (Fsp3) is 0.0638. The van der Waals surface area contributed by atoms with Crippen molar-refractivity contribution < 1.29 is 0 Å². The summed E-state index contributed by atoms with van der Waals surface area (Å²) in [5.74, 6) is 0. The van der Waals surface area contributed by atoms with Crippen molar-refractivity contribution in [3.63, 3.8) is 0 Å². The van der Waals surface area contributed by atoms with E-state index in [1.165, 1.54) is 60.9 Å². The molecule has 0 saturated carbocycles. The number of hydrogen-bond donors (Lipinski definition) is 0. The number of hydrogen-bond acceptors (Lipinski definition) is 2. The van der Waals surface area contributed by atoms with Crippen molar-refractivity contribution in [2.24, 2.45) is 0 Å². The molecule has 8 aromatic rings. The molecule has 1 aliphatic heterocycles. The maximum atomic E-state index is 2.55. The lowest BCUT2D eigenvalue weighted by atomic mass is 9.73. The molecule has 0 amide bonds. The molecule has 0 spiro atoms. The number of para-hydroxylation sites is 3. The number of rotatable bonds is 5. The Morgan fingerprint density at radius 1 is 0.408 bits per heavy atom. The van der Waals surface area contributed by atoms with Gasteiger partial charge in [0.25, 0.3) is 0 Å². The van der Waals surface area contributed by atoms with Gasteiger partial charge in [-0.05, 0) is 75.3 Å². The summed E-state index contributed by atoms with van der Waals surface area (Å²) in [4.78, 5) is 4.91. The zero-order valence-corrected chi connectivity index (χ0v) is 27.7. The summed E-state index contributed by atoms with van der Waals surface area (Å²) in [5.41, 5.74) is 11.8. The zero-order chi connectivity index (χ0) is 33.0. The van der Waals surface area contributed by atoms with Crippen molar-refractivity contribution >= 4 is 55.7 Å². The molecule has 0 N–H and O–H groups in total. The van der Waals surface area contributed by atoms with Gasteiger partial charge >= 0.3 is 0 Å². The van der Waals surface area contributed by atoms with E-state index in [1.807, 2.05) is 0 Å². The van der Waals surface area contributed by atoms with Crippen molar-refractivity contribution in [2.45, 2.75) is 19.3 Å². The molecule has 0 bridgehead atoms. The van der Waals surface area contributed by atoms with Crippen LogP contribution >= 0.6 is 0 Å². The predicted molar refractivity (Wildman–Crippen MR) is 208 cm³/mol. The van der Waals surface area contributed by atoms with Crippen LogP contribution in [0.25, 0.3) is 32.7 Å². The molecule has 1 aliphatic rings. The Morgan fingerprint density at radius 2 is 0.980 bits per heavy atom. The molecule has 0 radical (unpaired) electrons. The van der Waals surface area contributed by atoms with E-state index in [-0.39, 0.29) is 5.41 Å². The Labute approximate surface area is 288 Å². The van der Waals surface area contributed by atoms with Crippen molar-refractivity contribution in [1.29, 1.82) is 0 Å². The summed E-state index contributed by atoms with van der Waals surface area (Å²) in [6.07, 6.45) is 0. The SMILES string of the molecule is CC1(C)c2ccccc2N(c2c(-c3cccc4ccccc34)ccc3ccccc23)c2cc(N(c3ccccc3)c3ccccc3)ccc21. The molecular weight excluding hydrogens is 593 g/mol. The highest BCUT2D eigenvalue weighted by Gasteiger charge is 2.38. The minimum atomic E-state index is -0.213. The van der Waals surface area contributed by atoms with Crippen LogP contribution < -0.4 is 9.80 Å². The van der Waals surface area contributed by atoms with Gasteiger partial charge in [-0.3, -0.25) is 0 Å². The molecule has 2 nitrogen and oxygen atoms in total. The number of fused-ring (bicyclic) bond motifs is 4. The molecule has 49 heavy (non-hydrogen) atoms. The first-order valence-corrected chi connectivity index (χ1v) is 17.0. The summed E-state index contributed by atoms with van der Waals surface area (Å²) in [6, 6.07) is 66.2. The molecule has 0 saturated heterocycles. The second kappa shape index (κ2) is 11.5. The van der Waals surface area contributed by atoms with E-state index in [1.54, 1.807) is 0 Å². The normalized spacial score (nSPS) is 13.2. The molecule has 9 rings (SSSR count). The maximum Gasteiger partial charge on any atom is 0.0618 e. The zero-order valence-electron chi connectivity index (χ0n) is 27.7. The van der Waals surface area contributed by atoms with Gasteiger partial charge in [-0.1, -0.05) is 153 Å². The van der Waals surface area contributed by atoms with Crippen LogP contribution in [0.1, 0.15) is 25.0 Å². The Morgan fingerprint density at radius 3 is 1.71 bits per heavy atom. The highest BCUT2D eigenvalue weighted by Crippen LogP contribution is 2.56. The first kappa shape index (κ1) is 29.1. The van der Waals surface area contributed by atoms with Gasteiger partial charge in [-0.25, -0.2) is 0 Å². The fourth-order valence-corrected chi connectivity index (χ4v) is 7.86. The second-order valence-corrected chi connectivity index (χ2v) is 13.4. The summed E-state index contributed by atoms with van der Waals surface area (Å²) in [7, 11) is 0. The largest absolute Gasteiger partial charge is 0.310 e. The van der Waals surface area contributed by atoms with E-state index >= 15 is 0 Å². The summed E-state index contributed by atoms with van der Waals surface area (Å²) in [5, 5.41) is 4.93. The van der Waals surface area contributed by atoms with Crippen LogP contribution in [0.3, 0.4) is 0 Å². The van der Waals surface area contributed by atoms with E-state index in [2.05, 4.69) is 206 Å². The van der Waals surface area contributed by atoms with Crippen LogP contribution in [0.4, 0.5) is 34.1 Å². The van der Waals surface area contributed by atoms with Crippen molar-refractivity contribution in [2.75, 3.05) is 9.80 Å². The van der Waals surface area contributed by atoms with Gasteiger partial charge in [0, 0.05) is 33.4 Å². The molecule has 0 aromatic heterocycles. The topological polar surface area (TPSA) is 6.48 Å². The molecule has 234 valence electrons. The van der Waals surface area contributed by atoms with Crippen LogP contribution in [0.15, 0.2) is 182 Å². The van der Waals surface area contributed by atoms with Gasteiger partial charge in [-0.15, -0.1) is 0 Å². The monoisotopic (exact) mass is 628 g/mol. The third-order valence-corrected chi connectivity index (χ3v) is 10.2. The summed E-state index contributed by atoms with van der Waals surface area (Å²) < 4.78 is 0. The maximum absolute atomic E-state index is 2.55. The quantitative estimate of drug-likeness (QED) is 0.187. The summed E-state index contributed by atoms with van der Waals surface area (Å²) in [6.45, 7) is 4.73. The third kappa shape index (κ3) is 4.71. The van der Waals surface area contributed by atoms with Crippen LogP contribution in [-0.4, -0.2) is 0 Å². The van der Waals surface area contributed by atoms with Crippen molar-refractivity contribution in [3.05, 3.63) is 193 Å². The van der Waals surface area contributed by atoms with E-state index < -0.39 is 0 Å². The molecule has 1 heterocycles. The highest BCUT2D eigenvalue weighted by molar-refractivity contribution is 6.11. The smallest absolute Gasteiger partial charge is 0.0618 e. The van der Waals surface area contributed by atoms with E-state index in [0.717, 1.165) is 17.1 Å². The minimum Gasteiger partial charge on any atom is -0.310 e. The number of benzene rings is 8. The van der Waals surface area contributed by atoms with Crippen LogP contribution in [0, 0.1) is 0 Å². The van der Waals surface area contributed by atoms with E-state index in [9.17, 15) is 0 Å². The van der Waals surface area contributed by atoms with Crippen LogP contribution in [0.5, 0.6) is 0 Å². The highest BCUT2D eigenvalue weighted by atomic mass is 15.2. The molecule has 0 atom stereocenters. The lowest BCUT2D eigenvalue weighted by Gasteiger charge is -2.43. The molecule has 8 aromatic carbocycles. The lowest BCUT2D eigenvalue weighted by molar-refractivity contribution is 0.632. The molecule has 0 fully saturated rings. The van der Waals surface area contributed by atoms with Crippen LogP contribution in [-0.2, 0) is 5.41 Å². The number of anilines is 6. The standard InChI is InChI=1S/C47H36N2/c1-47(2)42-26-13-14-27-44(42)49(45-32-37(29-31-43(45)47)48(35-19-5-3-6-20-35)36-21-7-4-8-22-36)46-39-24-12-10-17-34(39)28-30-41(46)40-25-15-18-33-16-9-11-23-38(33)40/h3-32H,1-2H3. The fourth-order valence-electron chi connectivity index (χ4n) is 7.86. The van der Waals surface area contributed by atoms with Gasteiger partial charge in [0.2, 0.25) is 0 Å². The van der Waals surface area contributed by atoms with Gasteiger partial charge in [0.1, 0.15) is 0 Å². The van der Waals surface area contributed by atoms with Crippen LogP contribution in [0.2, 0.25) is 0 Å². The predicted octanol–water partition coefficient (Wildman–Crippen LogP) is 13.2. The Hall–Kier alpha value is -6.12. The Kier molecular flexibility index (Phi) is 6.84. The van der Waals surface area contributed by atoms with E-state index in [0.29, 0.717) is 0 Å². The molecular formula is C47H36N2. The van der Waals surface area contributed by atoms with Gasteiger partial charge in [0.05, 0.1) is 17.1 Å². The average molecular weight is 629 g/mol. The van der Waals surface area contributed by atoms with Crippen molar-refractivity contribution in [1.82, 2.24) is 0 Å². The molecule has 2 heteroatoms. The molecule has 0 unspecified atom stereocenters. The first-order chi connectivity index (χ1) is 24.1. The number of nitrogens with zero attached hydrogens (tertiary/aromatic N) is 2. The first-order valence-electron chi connectivity index (χ1n) is 17.0. The second-order valence-electron chi connectivity index (χ2n) is 13.4. The van der Waals surface area contributed by atoms with Gasteiger partial charge in [-0.2, -0.15) is 0 Å². The van der Waals surface area contributed by atoms with E-state index in [4.69, 9.17) is 0 Å². The molecule has 0 aliphatic carbocycles. The summed E-state index contributed by atoms with van der Waals surface area (Å²) >= 11 is 0. The van der Waals surface area contributed by atoms with Gasteiger partial charge in [0.15, 0.2) is 0 Å².